The van der Waals surface area contributed by atoms with Crippen molar-refractivity contribution in [2.45, 2.75) is 13.5 Å². The fourth-order valence-electron chi connectivity index (χ4n) is 2.71. The second-order valence-corrected chi connectivity index (χ2v) is 6.32. The summed E-state index contributed by atoms with van der Waals surface area (Å²) in [4.78, 5) is 16.3. The average Bonchev–Trinajstić information content (AvgIpc) is 2.67. The lowest BCUT2D eigenvalue weighted by atomic mass is 10.2. The third-order valence-electron chi connectivity index (χ3n) is 4.23. The zero-order chi connectivity index (χ0) is 19.4. The molecule has 1 aromatic heterocycles. The van der Waals surface area contributed by atoms with Crippen LogP contribution in [0.2, 0.25) is 5.02 Å². The van der Waals surface area contributed by atoms with Crippen LogP contribution >= 0.6 is 11.6 Å². The maximum Gasteiger partial charge on any atom is 0.316 e. The van der Waals surface area contributed by atoms with Gasteiger partial charge in [0.15, 0.2) is 0 Å². The Bertz CT molecular complexity index is 1020. The summed E-state index contributed by atoms with van der Waals surface area (Å²) >= 11 is 6.20. The van der Waals surface area contributed by atoms with Gasteiger partial charge in [0.2, 0.25) is 11.7 Å². The van der Waals surface area contributed by atoms with E-state index in [1.54, 1.807) is 17.9 Å². The van der Waals surface area contributed by atoms with E-state index in [9.17, 15) is 4.79 Å². The summed E-state index contributed by atoms with van der Waals surface area (Å²) in [6, 6.07) is 13.2. The molecule has 1 heterocycles. The van der Waals surface area contributed by atoms with Gasteiger partial charge in [0, 0.05) is 16.3 Å². The molecule has 0 spiro atoms. The van der Waals surface area contributed by atoms with Crippen LogP contribution in [-0.2, 0) is 6.54 Å². The van der Waals surface area contributed by atoms with Gasteiger partial charge in [-0.3, -0.25) is 4.79 Å². The van der Waals surface area contributed by atoms with E-state index >= 15 is 0 Å². The molecule has 6 nitrogen and oxygen atoms in total. The molecule has 3 aromatic rings. The van der Waals surface area contributed by atoms with Gasteiger partial charge in [-0.25, -0.2) is 0 Å². The highest BCUT2D eigenvalue weighted by Crippen LogP contribution is 2.26. The van der Waals surface area contributed by atoms with Crippen molar-refractivity contribution in [2.75, 3.05) is 19.5 Å². The third kappa shape index (κ3) is 4.06. The summed E-state index contributed by atoms with van der Waals surface area (Å²) in [7, 11) is 3.07. The van der Waals surface area contributed by atoms with Crippen LogP contribution in [0.1, 0.15) is 11.1 Å². The minimum absolute atomic E-state index is 0.165. The van der Waals surface area contributed by atoms with Crippen molar-refractivity contribution in [3.63, 3.8) is 0 Å². The Labute approximate surface area is 162 Å². The normalized spacial score (nSPS) is 10.5. The topological polar surface area (TPSA) is 65.4 Å². The van der Waals surface area contributed by atoms with Crippen LogP contribution < -0.4 is 20.3 Å². The van der Waals surface area contributed by atoms with Crippen molar-refractivity contribution < 1.29 is 9.47 Å². The Morgan fingerprint density at radius 1 is 1.07 bits per heavy atom. The molecule has 2 aromatic carbocycles. The Hall–Kier alpha value is -2.99. The number of aromatic nitrogens is 2. The maximum absolute atomic E-state index is 12.2. The molecular weight excluding hydrogens is 366 g/mol. The van der Waals surface area contributed by atoms with Gasteiger partial charge in [-0.05, 0) is 30.7 Å². The maximum atomic E-state index is 12.2. The Morgan fingerprint density at radius 3 is 2.56 bits per heavy atom. The Morgan fingerprint density at radius 2 is 1.81 bits per heavy atom. The van der Waals surface area contributed by atoms with Crippen molar-refractivity contribution in [1.29, 1.82) is 0 Å². The standard InChI is InChI=1S/C20H20ClN3O3/c1-13-15(21)8-6-9-16(13)22-20-23-19(25)18(27-3)12-24(20)11-14-7-4-5-10-17(14)26-2/h4-10,12H,11H2,1-3H3,(H,22,23,25). The number of para-hydroxylation sites is 1. The summed E-state index contributed by atoms with van der Waals surface area (Å²) in [6.07, 6.45) is 1.63. The van der Waals surface area contributed by atoms with E-state index in [0.29, 0.717) is 17.5 Å². The summed E-state index contributed by atoms with van der Waals surface area (Å²) in [5.41, 5.74) is 2.13. The number of rotatable bonds is 6. The number of benzene rings is 2. The molecule has 0 saturated heterocycles. The van der Waals surface area contributed by atoms with Crippen molar-refractivity contribution >= 4 is 23.2 Å². The van der Waals surface area contributed by atoms with E-state index < -0.39 is 5.56 Å². The quantitative estimate of drug-likeness (QED) is 0.694. The molecule has 0 radical (unpaired) electrons. The van der Waals surface area contributed by atoms with Gasteiger partial charge in [-0.2, -0.15) is 4.98 Å². The summed E-state index contributed by atoms with van der Waals surface area (Å²) in [5, 5.41) is 3.83. The highest BCUT2D eigenvalue weighted by molar-refractivity contribution is 6.31. The van der Waals surface area contributed by atoms with Gasteiger partial charge in [0.1, 0.15) is 5.75 Å². The molecule has 27 heavy (non-hydrogen) atoms. The van der Waals surface area contributed by atoms with Gasteiger partial charge in [-0.1, -0.05) is 35.9 Å². The van der Waals surface area contributed by atoms with Crippen LogP contribution in [-0.4, -0.2) is 23.8 Å². The van der Waals surface area contributed by atoms with Crippen LogP contribution in [0.25, 0.3) is 0 Å². The largest absolute Gasteiger partial charge is 0.496 e. The van der Waals surface area contributed by atoms with Gasteiger partial charge in [-0.15, -0.1) is 0 Å². The zero-order valence-corrected chi connectivity index (χ0v) is 16.1. The highest BCUT2D eigenvalue weighted by Gasteiger charge is 2.13. The molecule has 0 saturated carbocycles. The Balaban J connectivity index is 2.06. The van der Waals surface area contributed by atoms with E-state index in [2.05, 4.69) is 10.3 Å². The van der Waals surface area contributed by atoms with Crippen LogP contribution in [0.5, 0.6) is 11.5 Å². The van der Waals surface area contributed by atoms with Crippen LogP contribution in [0.4, 0.5) is 11.6 Å². The first-order valence-corrected chi connectivity index (χ1v) is 8.70. The molecule has 3 rings (SSSR count). The molecule has 7 heteroatoms. The van der Waals surface area contributed by atoms with Crippen LogP contribution in [0.15, 0.2) is 53.5 Å². The highest BCUT2D eigenvalue weighted by atomic mass is 35.5. The zero-order valence-electron chi connectivity index (χ0n) is 15.3. The van der Waals surface area contributed by atoms with Crippen molar-refractivity contribution in [1.82, 2.24) is 9.55 Å². The van der Waals surface area contributed by atoms with E-state index in [4.69, 9.17) is 21.1 Å². The fourth-order valence-corrected chi connectivity index (χ4v) is 2.89. The molecular formula is C20H20ClN3O3. The SMILES string of the molecule is COc1ccccc1Cn1cc(OC)c(=O)nc1Nc1cccc(Cl)c1C. The number of hydrogen-bond donors (Lipinski definition) is 1. The monoisotopic (exact) mass is 385 g/mol. The first-order chi connectivity index (χ1) is 13.0. The van der Waals surface area contributed by atoms with Gasteiger partial charge in [0.05, 0.1) is 27.0 Å². The molecule has 0 aliphatic carbocycles. The molecule has 0 aliphatic heterocycles. The average molecular weight is 386 g/mol. The molecule has 0 unspecified atom stereocenters. The molecule has 1 N–H and O–H groups in total. The lowest BCUT2D eigenvalue weighted by molar-refractivity contribution is 0.399. The number of halogens is 1. The molecule has 0 bridgehead atoms. The van der Waals surface area contributed by atoms with E-state index in [1.807, 2.05) is 49.4 Å². The fraction of sp³-hybridized carbons (Fsp3) is 0.200. The number of nitrogens with zero attached hydrogens (tertiary/aromatic N) is 2. The second-order valence-electron chi connectivity index (χ2n) is 5.92. The summed E-state index contributed by atoms with van der Waals surface area (Å²) < 4.78 is 12.4. The molecule has 140 valence electrons. The predicted molar refractivity (Wildman–Crippen MR) is 107 cm³/mol. The lowest BCUT2D eigenvalue weighted by Crippen LogP contribution is -2.19. The Kier molecular flexibility index (Phi) is 5.66. The van der Waals surface area contributed by atoms with E-state index in [1.165, 1.54) is 7.11 Å². The minimum Gasteiger partial charge on any atom is -0.496 e. The third-order valence-corrected chi connectivity index (χ3v) is 4.64. The smallest absolute Gasteiger partial charge is 0.316 e. The number of methoxy groups -OCH3 is 2. The first kappa shape index (κ1) is 18.8. The van der Waals surface area contributed by atoms with Gasteiger partial charge >= 0.3 is 5.56 Å². The minimum atomic E-state index is -0.448. The molecule has 0 amide bonds. The van der Waals surface area contributed by atoms with Crippen molar-refractivity contribution in [3.05, 3.63) is 75.2 Å². The molecule has 0 aliphatic rings. The number of nitrogens with one attached hydrogen (secondary N) is 1. The number of ether oxygens (including phenoxy) is 2. The second kappa shape index (κ2) is 8.14. The van der Waals surface area contributed by atoms with E-state index in [0.717, 1.165) is 22.6 Å². The molecule has 0 atom stereocenters. The summed E-state index contributed by atoms with van der Waals surface area (Å²) in [6.45, 7) is 2.34. The number of hydrogen-bond acceptors (Lipinski definition) is 5. The van der Waals surface area contributed by atoms with Crippen LogP contribution in [0, 0.1) is 6.92 Å². The predicted octanol–water partition coefficient (Wildman–Crippen LogP) is 4.01. The van der Waals surface area contributed by atoms with Gasteiger partial charge in [0.25, 0.3) is 0 Å². The van der Waals surface area contributed by atoms with Gasteiger partial charge < -0.3 is 19.4 Å². The first-order valence-electron chi connectivity index (χ1n) is 8.33. The van der Waals surface area contributed by atoms with E-state index in [-0.39, 0.29) is 5.75 Å². The molecule has 0 fully saturated rings. The van der Waals surface area contributed by atoms with Crippen molar-refractivity contribution in [2.24, 2.45) is 0 Å². The number of anilines is 2. The summed E-state index contributed by atoms with van der Waals surface area (Å²) in [5.74, 6) is 1.30. The van der Waals surface area contributed by atoms with Crippen molar-refractivity contribution in [3.8, 4) is 11.5 Å². The lowest BCUT2D eigenvalue weighted by Gasteiger charge is -2.17. The van der Waals surface area contributed by atoms with Crippen LogP contribution in [0.3, 0.4) is 0 Å².